The molecule has 0 aliphatic carbocycles. The molecule has 5 unspecified atom stereocenters. The molecule has 2 heterocycles. The maximum atomic E-state index is 13.1. The summed E-state index contributed by atoms with van der Waals surface area (Å²) in [5.41, 5.74) is 0. The molecule has 0 spiro atoms. The first-order valence-electron chi connectivity index (χ1n) is 11.1. The van der Waals surface area contributed by atoms with Gasteiger partial charge in [0.2, 0.25) is 11.8 Å². The fourth-order valence-corrected chi connectivity index (χ4v) is 5.12. The molecule has 2 amide bonds. The number of hydrogen-bond donors (Lipinski definition) is 3. The molecule has 3 N–H and O–H groups in total. The van der Waals surface area contributed by atoms with Crippen molar-refractivity contribution in [1.82, 2.24) is 19.8 Å². The Bertz CT molecular complexity index is 893. The van der Waals surface area contributed by atoms with Crippen molar-refractivity contribution in [1.29, 1.82) is 0 Å². The van der Waals surface area contributed by atoms with Gasteiger partial charge in [0.25, 0.3) is 0 Å². The van der Waals surface area contributed by atoms with Gasteiger partial charge in [0.15, 0.2) is 11.6 Å². The summed E-state index contributed by atoms with van der Waals surface area (Å²) in [4.78, 5) is 27.2. The largest absolute Gasteiger partial charge is 0.508 e. The minimum absolute atomic E-state index is 0.0570. The lowest BCUT2D eigenvalue weighted by molar-refractivity contribution is -0.141. The second-order valence-electron chi connectivity index (χ2n) is 8.34. The highest BCUT2D eigenvalue weighted by atomic mass is 32.2. The molecular weight excluding hydrogens is 470 g/mol. The van der Waals surface area contributed by atoms with E-state index in [2.05, 4.69) is 10.6 Å². The molecule has 0 bridgehead atoms. The van der Waals surface area contributed by atoms with Crippen molar-refractivity contribution in [2.75, 3.05) is 33.5 Å². The van der Waals surface area contributed by atoms with Gasteiger partial charge >= 0.3 is 0 Å². The Morgan fingerprint density at radius 3 is 2.35 bits per heavy atom. The van der Waals surface area contributed by atoms with Crippen molar-refractivity contribution in [3.8, 4) is 5.75 Å². The van der Waals surface area contributed by atoms with Gasteiger partial charge in [-0.1, -0.05) is 0 Å². The second kappa shape index (κ2) is 12.5. The predicted molar refractivity (Wildman–Crippen MR) is 124 cm³/mol. The van der Waals surface area contributed by atoms with E-state index >= 15 is 0 Å². The normalized spacial score (nSPS) is 23.3. The number of nitrogens with zero attached hydrogens (tertiary/aromatic N) is 2. The lowest BCUT2D eigenvalue weighted by Gasteiger charge is -2.31. The number of amides is 2. The predicted octanol–water partition coefficient (Wildman–Crippen LogP) is 0.753. The lowest BCUT2D eigenvalue weighted by Crippen LogP contribution is -2.58. The van der Waals surface area contributed by atoms with Crippen molar-refractivity contribution in [3.05, 3.63) is 29.8 Å². The van der Waals surface area contributed by atoms with Gasteiger partial charge in [0, 0.05) is 44.6 Å². The fourth-order valence-electron chi connectivity index (χ4n) is 4.13. The first kappa shape index (κ1) is 28.1. The monoisotopic (exact) mass is 504 g/mol. The minimum atomic E-state index is -1.03. The quantitative estimate of drug-likeness (QED) is 0.506. The summed E-state index contributed by atoms with van der Waals surface area (Å²) in [7, 11) is 2.20. The summed E-state index contributed by atoms with van der Waals surface area (Å²) >= 11 is 0. The van der Waals surface area contributed by atoms with Crippen LogP contribution in [-0.2, 0) is 25.3 Å². The molecule has 2 aliphatic heterocycles. The summed E-state index contributed by atoms with van der Waals surface area (Å²) in [5, 5.41) is 14.2. The van der Waals surface area contributed by atoms with Gasteiger partial charge < -0.3 is 25.4 Å². The molecule has 1 aromatic rings. The Labute approximate surface area is 201 Å². The number of ether oxygens (including phenoxy) is 1. The van der Waals surface area contributed by atoms with Crippen LogP contribution in [0.2, 0.25) is 0 Å². The number of rotatable bonds is 7. The van der Waals surface area contributed by atoms with Crippen molar-refractivity contribution in [2.24, 2.45) is 0 Å². The van der Waals surface area contributed by atoms with Crippen molar-refractivity contribution in [3.63, 3.8) is 0 Å². The molecule has 2 fully saturated rings. The van der Waals surface area contributed by atoms with Crippen molar-refractivity contribution >= 4 is 22.8 Å². The van der Waals surface area contributed by atoms with E-state index in [0.717, 1.165) is 37.6 Å². The van der Waals surface area contributed by atoms with Crippen LogP contribution in [0.4, 0.5) is 8.78 Å². The van der Waals surface area contributed by atoms with E-state index in [1.165, 1.54) is 7.11 Å². The number of hydrogen-bond acceptors (Lipinski definition) is 6. The van der Waals surface area contributed by atoms with Gasteiger partial charge in [-0.05, 0) is 45.9 Å². The summed E-state index contributed by atoms with van der Waals surface area (Å²) in [5.74, 6) is -2.61. The molecule has 6 atom stereocenters. The summed E-state index contributed by atoms with van der Waals surface area (Å²) in [6.45, 7) is 4.87. The number of phenols is 1. The van der Waals surface area contributed by atoms with Gasteiger partial charge in [0.1, 0.15) is 11.8 Å². The highest BCUT2D eigenvalue weighted by molar-refractivity contribution is 7.81. The number of fused-ring (bicyclic) bond motifs is 1. The number of benzene rings is 1. The number of carbonyl (C=O) groups excluding carboxylic acids is 2. The van der Waals surface area contributed by atoms with Gasteiger partial charge in [-0.2, -0.15) is 0 Å². The molecule has 0 aromatic heterocycles. The van der Waals surface area contributed by atoms with Crippen LogP contribution in [0.1, 0.15) is 26.7 Å². The van der Waals surface area contributed by atoms with Gasteiger partial charge in [-0.3, -0.25) is 9.59 Å². The lowest BCUT2D eigenvalue weighted by atomic mass is 10.1. The van der Waals surface area contributed by atoms with Crippen molar-refractivity contribution in [2.45, 2.75) is 57.0 Å². The Morgan fingerprint density at radius 2 is 1.82 bits per heavy atom. The third kappa shape index (κ3) is 6.71. The number of carbonyl (C=O) groups is 2. The number of phenolic OH excluding ortho intramolecular Hbond substituents is 1. The molecule has 0 radical (unpaired) electrons. The van der Waals surface area contributed by atoms with Crippen LogP contribution in [0.25, 0.3) is 0 Å². The molecular formula is C22H34F2N4O5S. The van der Waals surface area contributed by atoms with E-state index in [9.17, 15) is 22.6 Å². The maximum absolute atomic E-state index is 13.1. The third-order valence-electron chi connectivity index (χ3n) is 6.27. The molecule has 34 heavy (non-hydrogen) atoms. The van der Waals surface area contributed by atoms with Crippen LogP contribution < -0.4 is 10.6 Å². The highest BCUT2D eigenvalue weighted by Gasteiger charge is 2.47. The average Bonchev–Trinajstić information content (AvgIpc) is 3.41. The highest BCUT2D eigenvalue weighted by Crippen LogP contribution is 2.33. The van der Waals surface area contributed by atoms with E-state index < -0.39 is 40.8 Å². The van der Waals surface area contributed by atoms with E-state index in [0.29, 0.717) is 6.54 Å². The number of aromatic hydroxyl groups is 1. The van der Waals surface area contributed by atoms with Crippen molar-refractivity contribution < 1.29 is 32.4 Å². The zero-order valence-electron chi connectivity index (χ0n) is 20.1. The number of methoxy groups -OCH3 is 1. The van der Waals surface area contributed by atoms with E-state index in [4.69, 9.17) is 9.84 Å². The fraction of sp³-hybridized carbons (Fsp3) is 0.636. The molecule has 12 heteroatoms. The number of nitrogens with one attached hydrogen (secondary N) is 2. The van der Waals surface area contributed by atoms with Crippen LogP contribution in [0.3, 0.4) is 0 Å². The number of likely N-dealkylation sites (N-methyl/N-ethyl adjacent to an activating group) is 1. The van der Waals surface area contributed by atoms with E-state index in [-0.39, 0.29) is 29.6 Å². The first-order valence-corrected chi connectivity index (χ1v) is 12.6. The minimum Gasteiger partial charge on any atom is -0.508 e. The summed E-state index contributed by atoms with van der Waals surface area (Å²) in [6, 6.07) is 1.74. The first-order chi connectivity index (χ1) is 16.0. The molecule has 0 saturated carbocycles. The van der Waals surface area contributed by atoms with Crippen LogP contribution in [-0.4, -0.2) is 94.1 Å². The molecule has 192 valence electrons. The van der Waals surface area contributed by atoms with Gasteiger partial charge in [0.05, 0.1) is 23.1 Å². The molecule has 9 nitrogen and oxygen atoms in total. The maximum Gasteiger partial charge on any atom is 0.248 e. The molecule has 3 rings (SSSR count). The zero-order chi connectivity index (χ0) is 25.6. The number of likely N-dealkylation sites (tertiary alicyclic amines) is 1. The van der Waals surface area contributed by atoms with Crippen LogP contribution >= 0.6 is 0 Å². The number of halogens is 2. The SMILES string of the molecule is CN[C@@H](C)C(=O)NC(C(=O)N1CCC2C1CCN2S(C)=O)C(C)OC.Oc1ccc(F)c(F)c1. The van der Waals surface area contributed by atoms with E-state index in [1.54, 1.807) is 27.2 Å². The Kier molecular flexibility index (Phi) is 10.3. The Hall–Kier alpha value is -2.15. The molecule has 2 saturated heterocycles. The third-order valence-corrected chi connectivity index (χ3v) is 7.39. The average molecular weight is 505 g/mol. The molecule has 2 aliphatic rings. The van der Waals surface area contributed by atoms with Gasteiger partial charge in [-0.25, -0.2) is 17.3 Å². The Balaban J connectivity index is 0.000000379. The Morgan fingerprint density at radius 1 is 1.18 bits per heavy atom. The van der Waals surface area contributed by atoms with Crippen LogP contribution in [0.5, 0.6) is 5.75 Å². The summed E-state index contributed by atoms with van der Waals surface area (Å²) < 4.78 is 43.2. The molecule has 1 aromatic carbocycles. The topological polar surface area (TPSA) is 111 Å². The van der Waals surface area contributed by atoms with Crippen LogP contribution in [0.15, 0.2) is 18.2 Å². The standard InChI is InChI=1S/C16H30N4O4S.C6H4F2O/c1-10(17-3)15(21)18-14(11(2)24-4)16(22)19-8-6-13-12(19)7-9-20(13)25(5)23;7-5-2-1-4(9)3-6(5)8/h10-14,17H,6-9H2,1-5H3,(H,18,21);1-3,9H/t10-,11?,12?,13?,14?,25?;/m0./s1. The van der Waals surface area contributed by atoms with Crippen LogP contribution in [0, 0.1) is 11.6 Å². The zero-order valence-corrected chi connectivity index (χ0v) is 20.9. The van der Waals surface area contributed by atoms with E-state index in [1.807, 2.05) is 9.21 Å². The second-order valence-corrected chi connectivity index (χ2v) is 9.66. The smallest absolute Gasteiger partial charge is 0.248 e. The summed E-state index contributed by atoms with van der Waals surface area (Å²) in [6.07, 6.45) is 2.87. The van der Waals surface area contributed by atoms with Gasteiger partial charge in [-0.15, -0.1) is 0 Å².